The molecule has 2 unspecified atom stereocenters. The first-order valence-corrected chi connectivity index (χ1v) is 7.86. The second kappa shape index (κ2) is 6.42. The van der Waals surface area contributed by atoms with Gasteiger partial charge in [-0.2, -0.15) is 0 Å². The number of hydrogen-bond acceptors (Lipinski definition) is 2. The zero-order valence-corrected chi connectivity index (χ0v) is 12.1. The Kier molecular flexibility index (Phi) is 4.38. The molecule has 20 heavy (non-hydrogen) atoms. The predicted molar refractivity (Wildman–Crippen MR) is 84.7 cm³/mol. The third kappa shape index (κ3) is 2.89. The molecule has 0 amide bonds. The van der Waals surface area contributed by atoms with Crippen molar-refractivity contribution in [1.82, 2.24) is 9.88 Å². The summed E-state index contributed by atoms with van der Waals surface area (Å²) in [6, 6.07) is 11.4. The van der Waals surface area contributed by atoms with Crippen molar-refractivity contribution < 1.29 is 0 Å². The van der Waals surface area contributed by atoms with Gasteiger partial charge in [0.15, 0.2) is 0 Å². The van der Waals surface area contributed by atoms with Crippen LogP contribution in [-0.4, -0.2) is 23.7 Å². The first-order valence-electron chi connectivity index (χ1n) is 7.86. The molecular formula is C17H25N3. The number of aryl methyl sites for hydroxylation is 1. The van der Waals surface area contributed by atoms with E-state index in [0.717, 1.165) is 19.6 Å². The predicted octanol–water partition coefficient (Wildman–Crippen LogP) is 2.75. The van der Waals surface area contributed by atoms with Gasteiger partial charge in [0.25, 0.3) is 0 Å². The molecule has 0 spiro atoms. The van der Waals surface area contributed by atoms with Gasteiger partial charge in [0.2, 0.25) is 0 Å². The summed E-state index contributed by atoms with van der Waals surface area (Å²) in [6.07, 6.45) is 7.31. The third-order valence-corrected chi connectivity index (χ3v) is 4.62. The lowest BCUT2D eigenvalue weighted by molar-refractivity contribution is 0.401. The van der Waals surface area contributed by atoms with E-state index in [1.54, 1.807) is 0 Å². The Morgan fingerprint density at radius 1 is 1.20 bits per heavy atom. The zero-order chi connectivity index (χ0) is 13.8. The summed E-state index contributed by atoms with van der Waals surface area (Å²) >= 11 is 0. The molecule has 3 heteroatoms. The first kappa shape index (κ1) is 13.7. The Hall–Kier alpha value is -1.32. The molecule has 2 aromatic rings. The number of aromatic nitrogens is 1. The maximum atomic E-state index is 5.82. The van der Waals surface area contributed by atoms with Crippen molar-refractivity contribution >= 4 is 10.9 Å². The Labute approximate surface area is 121 Å². The second-order valence-corrected chi connectivity index (χ2v) is 5.91. The van der Waals surface area contributed by atoms with Crippen molar-refractivity contribution in [3.05, 3.63) is 36.5 Å². The van der Waals surface area contributed by atoms with Crippen LogP contribution in [0.15, 0.2) is 36.5 Å². The number of fused-ring (bicyclic) bond motifs is 1. The van der Waals surface area contributed by atoms with Crippen LogP contribution < -0.4 is 11.1 Å². The van der Waals surface area contributed by atoms with Crippen LogP contribution in [0.25, 0.3) is 10.9 Å². The summed E-state index contributed by atoms with van der Waals surface area (Å²) in [5.74, 6) is 0.697. The lowest BCUT2D eigenvalue weighted by atomic mass is 10.0. The van der Waals surface area contributed by atoms with E-state index in [2.05, 4.69) is 46.4 Å². The molecule has 1 aliphatic carbocycles. The standard InChI is InChI=1S/C17H25N3/c18-13-15-6-3-7-16(15)19-10-4-11-20-12-9-14-5-1-2-8-17(14)20/h1-2,5,8-9,12,15-16,19H,3-4,6-7,10-11,13,18H2. The number of nitrogens with one attached hydrogen (secondary N) is 1. The number of benzene rings is 1. The molecule has 0 radical (unpaired) electrons. The van der Waals surface area contributed by atoms with Crippen molar-refractivity contribution in [2.45, 2.75) is 38.3 Å². The Morgan fingerprint density at radius 3 is 3.00 bits per heavy atom. The van der Waals surface area contributed by atoms with Gasteiger partial charge in [-0.15, -0.1) is 0 Å². The maximum absolute atomic E-state index is 5.82. The van der Waals surface area contributed by atoms with Crippen molar-refractivity contribution in [3.63, 3.8) is 0 Å². The Balaban J connectivity index is 1.48. The van der Waals surface area contributed by atoms with Crippen LogP contribution in [0.1, 0.15) is 25.7 Å². The van der Waals surface area contributed by atoms with Crippen molar-refractivity contribution in [2.75, 3.05) is 13.1 Å². The number of rotatable bonds is 6. The van der Waals surface area contributed by atoms with E-state index in [4.69, 9.17) is 5.73 Å². The molecular weight excluding hydrogens is 246 g/mol. The van der Waals surface area contributed by atoms with Gasteiger partial charge in [-0.25, -0.2) is 0 Å². The topological polar surface area (TPSA) is 43.0 Å². The molecule has 3 rings (SSSR count). The minimum Gasteiger partial charge on any atom is -0.347 e. The molecule has 108 valence electrons. The van der Waals surface area contributed by atoms with E-state index in [1.807, 2.05) is 0 Å². The zero-order valence-electron chi connectivity index (χ0n) is 12.1. The van der Waals surface area contributed by atoms with E-state index < -0.39 is 0 Å². The highest BCUT2D eigenvalue weighted by atomic mass is 15.0. The fraction of sp³-hybridized carbons (Fsp3) is 0.529. The molecule has 1 heterocycles. The molecule has 3 nitrogen and oxygen atoms in total. The highest BCUT2D eigenvalue weighted by Gasteiger charge is 2.24. The van der Waals surface area contributed by atoms with Gasteiger partial charge in [0.1, 0.15) is 0 Å². The van der Waals surface area contributed by atoms with Crippen molar-refractivity contribution in [2.24, 2.45) is 11.7 Å². The summed E-state index contributed by atoms with van der Waals surface area (Å²) in [6.45, 7) is 3.01. The monoisotopic (exact) mass is 271 g/mol. The van der Waals surface area contributed by atoms with Gasteiger partial charge in [-0.05, 0) is 55.8 Å². The molecule has 3 N–H and O–H groups in total. The van der Waals surface area contributed by atoms with E-state index in [0.29, 0.717) is 12.0 Å². The quantitative estimate of drug-likeness (QED) is 0.793. The highest BCUT2D eigenvalue weighted by molar-refractivity contribution is 5.79. The van der Waals surface area contributed by atoms with Gasteiger partial charge in [-0.1, -0.05) is 24.6 Å². The second-order valence-electron chi connectivity index (χ2n) is 5.91. The van der Waals surface area contributed by atoms with Crippen LogP contribution >= 0.6 is 0 Å². The molecule has 2 atom stereocenters. The summed E-state index contributed by atoms with van der Waals surface area (Å²) < 4.78 is 2.35. The summed E-state index contributed by atoms with van der Waals surface area (Å²) in [4.78, 5) is 0. The molecule has 1 saturated carbocycles. The molecule has 0 bridgehead atoms. The van der Waals surface area contributed by atoms with Crippen LogP contribution in [0.5, 0.6) is 0 Å². The van der Waals surface area contributed by atoms with Crippen molar-refractivity contribution in [3.8, 4) is 0 Å². The molecule has 1 aliphatic rings. The van der Waals surface area contributed by atoms with Gasteiger partial charge < -0.3 is 15.6 Å². The molecule has 1 aromatic heterocycles. The molecule has 0 saturated heterocycles. The van der Waals surface area contributed by atoms with E-state index in [-0.39, 0.29) is 0 Å². The van der Waals surface area contributed by atoms with Crippen LogP contribution in [0.3, 0.4) is 0 Å². The number of para-hydroxylation sites is 1. The lowest BCUT2D eigenvalue weighted by Gasteiger charge is -2.19. The average molecular weight is 271 g/mol. The van der Waals surface area contributed by atoms with Crippen LogP contribution in [0, 0.1) is 5.92 Å². The number of hydrogen-bond donors (Lipinski definition) is 2. The van der Waals surface area contributed by atoms with Gasteiger partial charge in [-0.3, -0.25) is 0 Å². The Bertz CT molecular complexity index is 546. The van der Waals surface area contributed by atoms with Crippen LogP contribution in [0.4, 0.5) is 0 Å². The van der Waals surface area contributed by atoms with E-state index >= 15 is 0 Å². The minimum atomic E-state index is 0.654. The third-order valence-electron chi connectivity index (χ3n) is 4.62. The summed E-state index contributed by atoms with van der Waals surface area (Å²) in [5.41, 5.74) is 7.16. The number of nitrogens with zero attached hydrogens (tertiary/aromatic N) is 1. The highest BCUT2D eigenvalue weighted by Crippen LogP contribution is 2.24. The molecule has 0 aliphatic heterocycles. The Morgan fingerprint density at radius 2 is 2.10 bits per heavy atom. The van der Waals surface area contributed by atoms with Crippen LogP contribution in [0.2, 0.25) is 0 Å². The van der Waals surface area contributed by atoms with Crippen molar-refractivity contribution in [1.29, 1.82) is 0 Å². The van der Waals surface area contributed by atoms with Gasteiger partial charge in [0, 0.05) is 24.3 Å². The maximum Gasteiger partial charge on any atom is 0.0480 e. The van der Waals surface area contributed by atoms with E-state index in [1.165, 1.54) is 36.6 Å². The van der Waals surface area contributed by atoms with Gasteiger partial charge >= 0.3 is 0 Å². The fourth-order valence-corrected chi connectivity index (χ4v) is 3.46. The SMILES string of the molecule is NCC1CCCC1NCCCn1ccc2ccccc21. The largest absolute Gasteiger partial charge is 0.347 e. The smallest absolute Gasteiger partial charge is 0.0480 e. The first-order chi connectivity index (χ1) is 9.88. The fourth-order valence-electron chi connectivity index (χ4n) is 3.46. The van der Waals surface area contributed by atoms with Crippen LogP contribution in [-0.2, 0) is 6.54 Å². The lowest BCUT2D eigenvalue weighted by Crippen LogP contribution is -2.36. The summed E-state index contributed by atoms with van der Waals surface area (Å²) in [5, 5.41) is 5.03. The van der Waals surface area contributed by atoms with Gasteiger partial charge in [0.05, 0.1) is 0 Å². The average Bonchev–Trinajstić information content (AvgIpc) is 3.10. The summed E-state index contributed by atoms with van der Waals surface area (Å²) in [7, 11) is 0. The van der Waals surface area contributed by atoms with E-state index in [9.17, 15) is 0 Å². The normalized spacial score (nSPS) is 22.6. The number of nitrogens with two attached hydrogens (primary N) is 1. The minimum absolute atomic E-state index is 0.654. The molecule has 1 fully saturated rings. The molecule has 1 aromatic carbocycles.